The summed E-state index contributed by atoms with van der Waals surface area (Å²) >= 11 is 0. The molecule has 1 saturated heterocycles. The van der Waals surface area contributed by atoms with E-state index in [1.165, 1.54) is 107 Å². The van der Waals surface area contributed by atoms with E-state index in [9.17, 15) is 29.3 Å². The summed E-state index contributed by atoms with van der Waals surface area (Å²) in [5.41, 5.74) is 4.69. The van der Waals surface area contributed by atoms with Crippen LogP contribution in [0.4, 0.5) is 10.2 Å². The zero-order valence-corrected chi connectivity index (χ0v) is 33.5. The van der Waals surface area contributed by atoms with E-state index in [1.807, 2.05) is 6.07 Å². The summed E-state index contributed by atoms with van der Waals surface area (Å²) in [6, 6.07) is 9.25. The Morgan fingerprint density at radius 1 is 1.00 bits per heavy atom. The summed E-state index contributed by atoms with van der Waals surface area (Å²) in [4.78, 5) is 14.5. The van der Waals surface area contributed by atoms with Gasteiger partial charge in [-0.1, -0.05) is 96.5 Å². The van der Waals surface area contributed by atoms with E-state index >= 15 is 0 Å². The third kappa shape index (κ3) is 13.2. The van der Waals surface area contributed by atoms with Gasteiger partial charge in [0.15, 0.2) is 17.4 Å². The number of unbranched alkanes of at least 4 members (excludes halogenated alkanes) is 13. The molecule has 6 atom stereocenters. The first-order valence-corrected chi connectivity index (χ1v) is 21.2. The van der Waals surface area contributed by atoms with Gasteiger partial charge >= 0.3 is 7.82 Å². The SMILES string of the molecule is CCCCCCCCCCCCCCCCOC[C@H](COP(=O)(O)OC[C@H]1O[C@@](C#N)(c2ccc3c(N)ncnn23)[C@H](O)[C@@H]1O)OCc1ccc(OC)c(F)c1. The molecular weight excluding hydrogens is 748 g/mol. The molecule has 4 rings (SSSR count). The Morgan fingerprint density at radius 2 is 1.66 bits per heavy atom. The lowest BCUT2D eigenvalue weighted by atomic mass is 9.92. The van der Waals surface area contributed by atoms with E-state index < -0.39 is 56.9 Å². The highest BCUT2D eigenvalue weighted by Crippen LogP contribution is 2.46. The Balaban J connectivity index is 1.23. The number of aromatic nitrogens is 3. The number of fused-ring (bicyclic) bond motifs is 1. The molecule has 312 valence electrons. The largest absolute Gasteiger partial charge is 0.494 e. The third-order valence-corrected chi connectivity index (χ3v) is 10.9. The van der Waals surface area contributed by atoms with Gasteiger partial charge < -0.3 is 39.8 Å². The van der Waals surface area contributed by atoms with Crippen molar-refractivity contribution in [1.29, 1.82) is 5.26 Å². The van der Waals surface area contributed by atoms with Gasteiger partial charge in [0, 0.05) is 6.61 Å². The number of halogens is 1. The molecule has 1 aliphatic heterocycles. The number of benzene rings is 1. The Kier molecular flexibility index (Phi) is 18.9. The van der Waals surface area contributed by atoms with E-state index in [0.717, 1.165) is 25.6 Å². The first kappa shape index (κ1) is 45.5. The van der Waals surface area contributed by atoms with Gasteiger partial charge in [0.25, 0.3) is 0 Å². The predicted octanol–water partition coefficient (Wildman–Crippen LogP) is 6.52. The molecule has 0 bridgehead atoms. The first-order chi connectivity index (χ1) is 27.0. The molecule has 5 N–H and O–H groups in total. The second kappa shape index (κ2) is 23.2. The Hall–Kier alpha value is -3.23. The van der Waals surface area contributed by atoms with Crippen LogP contribution in [0, 0.1) is 17.1 Å². The van der Waals surface area contributed by atoms with Crippen LogP contribution < -0.4 is 10.5 Å². The number of phosphoric acid groups is 1. The summed E-state index contributed by atoms with van der Waals surface area (Å²) < 4.78 is 61.5. The van der Waals surface area contributed by atoms with Gasteiger partial charge in [0.05, 0.1) is 39.2 Å². The maximum Gasteiger partial charge on any atom is 0.472 e. The normalized spacial score (nSPS) is 21.3. The van der Waals surface area contributed by atoms with Gasteiger partial charge in [-0.2, -0.15) is 10.4 Å². The summed E-state index contributed by atoms with van der Waals surface area (Å²) in [6.07, 6.45) is 12.8. The number of nitrogens with zero attached hydrogens (tertiary/aromatic N) is 4. The number of aliphatic hydroxyl groups is 2. The smallest absolute Gasteiger partial charge is 0.472 e. The molecule has 1 aliphatic rings. The molecule has 0 aliphatic carbocycles. The van der Waals surface area contributed by atoms with Crippen LogP contribution in [0.25, 0.3) is 5.52 Å². The number of nitrogens with two attached hydrogens (primary N) is 1. The molecule has 0 spiro atoms. The average Bonchev–Trinajstić information content (AvgIpc) is 3.74. The highest BCUT2D eigenvalue weighted by atomic mass is 31.2. The fourth-order valence-electron chi connectivity index (χ4n) is 6.70. The van der Waals surface area contributed by atoms with Crippen molar-refractivity contribution in [3.8, 4) is 11.8 Å². The van der Waals surface area contributed by atoms with E-state index in [4.69, 9.17) is 33.7 Å². The zero-order chi connectivity index (χ0) is 40.4. The molecule has 3 aromatic rings. The number of phosphoric ester groups is 1. The molecule has 3 heterocycles. The lowest BCUT2D eigenvalue weighted by Gasteiger charge is -2.24. The van der Waals surface area contributed by atoms with Gasteiger partial charge in [-0.15, -0.1) is 0 Å². The number of hydrogen-bond acceptors (Lipinski definition) is 13. The molecule has 56 heavy (non-hydrogen) atoms. The predicted molar refractivity (Wildman–Crippen MR) is 206 cm³/mol. The van der Waals surface area contributed by atoms with Gasteiger partial charge in [-0.05, 0) is 36.2 Å². The van der Waals surface area contributed by atoms with Gasteiger partial charge in [0.1, 0.15) is 42.3 Å². The van der Waals surface area contributed by atoms with Crippen molar-refractivity contribution < 1.29 is 52.1 Å². The van der Waals surface area contributed by atoms with Crippen LogP contribution in [-0.4, -0.2) is 87.7 Å². The van der Waals surface area contributed by atoms with Crippen LogP contribution in [0.15, 0.2) is 36.7 Å². The number of anilines is 1. The van der Waals surface area contributed by atoms with Crippen LogP contribution in [0.5, 0.6) is 5.75 Å². The summed E-state index contributed by atoms with van der Waals surface area (Å²) in [6.45, 7) is 1.53. The second-order valence-electron chi connectivity index (χ2n) is 14.2. The molecule has 0 radical (unpaired) electrons. The zero-order valence-electron chi connectivity index (χ0n) is 32.6. The molecule has 1 fully saturated rings. The van der Waals surface area contributed by atoms with Gasteiger partial charge in [-0.25, -0.2) is 18.5 Å². The van der Waals surface area contributed by atoms with Crippen LogP contribution in [-0.2, 0) is 40.0 Å². The fraction of sp³-hybridized carbons (Fsp3) is 0.667. The number of methoxy groups -OCH3 is 1. The molecule has 17 heteroatoms. The summed E-state index contributed by atoms with van der Waals surface area (Å²) in [7, 11) is -3.44. The minimum absolute atomic E-state index is 0.0255. The highest BCUT2D eigenvalue weighted by molar-refractivity contribution is 7.47. The highest BCUT2D eigenvalue weighted by Gasteiger charge is 2.58. The van der Waals surface area contributed by atoms with Crippen molar-refractivity contribution in [3.63, 3.8) is 0 Å². The van der Waals surface area contributed by atoms with Gasteiger partial charge in [-0.3, -0.25) is 9.05 Å². The van der Waals surface area contributed by atoms with Crippen molar-refractivity contribution in [1.82, 2.24) is 14.6 Å². The first-order valence-electron chi connectivity index (χ1n) is 19.7. The molecule has 0 amide bonds. The molecule has 2 aromatic heterocycles. The minimum atomic E-state index is -4.80. The fourth-order valence-corrected chi connectivity index (χ4v) is 7.47. The minimum Gasteiger partial charge on any atom is -0.494 e. The molecule has 1 unspecified atom stereocenters. The number of nitriles is 1. The molecule has 1 aromatic carbocycles. The van der Waals surface area contributed by atoms with Crippen LogP contribution in [0.2, 0.25) is 0 Å². The number of rotatable bonds is 28. The molecular formula is C39H59FN5O10P. The van der Waals surface area contributed by atoms with E-state index in [-0.39, 0.29) is 30.5 Å². The number of aliphatic hydroxyl groups excluding tert-OH is 2. The van der Waals surface area contributed by atoms with Crippen molar-refractivity contribution in [2.75, 3.05) is 39.3 Å². The number of ether oxygens (including phenoxy) is 4. The maximum atomic E-state index is 14.3. The lowest BCUT2D eigenvalue weighted by molar-refractivity contribution is -0.0690. The van der Waals surface area contributed by atoms with Crippen molar-refractivity contribution >= 4 is 19.2 Å². The third-order valence-electron chi connectivity index (χ3n) is 9.96. The van der Waals surface area contributed by atoms with Crippen molar-refractivity contribution in [2.24, 2.45) is 0 Å². The maximum absolute atomic E-state index is 14.3. The van der Waals surface area contributed by atoms with Crippen LogP contribution >= 0.6 is 7.82 Å². The second-order valence-corrected chi connectivity index (χ2v) is 15.7. The Morgan fingerprint density at radius 3 is 2.29 bits per heavy atom. The van der Waals surface area contributed by atoms with Crippen LogP contribution in [0.3, 0.4) is 0 Å². The number of hydrogen-bond donors (Lipinski definition) is 4. The summed E-state index contributed by atoms with van der Waals surface area (Å²) in [5, 5.41) is 36.0. The monoisotopic (exact) mass is 807 g/mol. The van der Waals surface area contributed by atoms with Crippen molar-refractivity contribution in [3.05, 3.63) is 53.7 Å². The quantitative estimate of drug-likeness (QED) is 0.0455. The topological polar surface area (TPSA) is 213 Å². The van der Waals surface area contributed by atoms with E-state index in [1.54, 1.807) is 6.07 Å². The van der Waals surface area contributed by atoms with Crippen molar-refractivity contribution in [2.45, 2.75) is 133 Å². The average molecular weight is 808 g/mol. The van der Waals surface area contributed by atoms with Gasteiger partial charge in [0.2, 0.25) is 5.60 Å². The standard InChI is InChI=1S/C39H59FN5O10P/c1-3-4-5-6-7-8-9-10-11-12-13-14-15-16-21-51-24-30(52-23-29-17-19-33(50-2)31(40)22-29)25-53-56(48,49)54-26-34-36(46)37(47)39(27-41,55-34)35-20-18-32-38(42)43-28-44-45(32)35/h17-20,22,28,30,34,36-37,46-47H,3-16,21,23-26H2,1-2H3,(H,48,49)(H2,42,43,44)/t30-,34-,36-,37-,39+/m1/s1. The van der Waals surface area contributed by atoms with E-state index in [0.29, 0.717) is 17.7 Å². The Labute approximate surface area is 328 Å². The Bertz CT molecular complexity index is 1710. The van der Waals surface area contributed by atoms with Crippen LogP contribution in [0.1, 0.15) is 108 Å². The number of nitrogen functional groups attached to an aromatic ring is 1. The molecule has 0 saturated carbocycles. The lowest BCUT2D eigenvalue weighted by Crippen LogP contribution is -2.41. The molecule has 15 nitrogen and oxygen atoms in total. The summed E-state index contributed by atoms with van der Waals surface area (Å²) in [5.74, 6) is -0.364. The van der Waals surface area contributed by atoms with E-state index in [2.05, 4.69) is 17.0 Å².